The summed E-state index contributed by atoms with van der Waals surface area (Å²) < 4.78 is 50.1. The number of hydrogen-bond acceptors (Lipinski definition) is 6. The van der Waals surface area contributed by atoms with E-state index in [1.807, 2.05) is 0 Å². The molecule has 0 spiro atoms. The van der Waals surface area contributed by atoms with Crippen LogP contribution in [0.25, 0.3) is 11.0 Å². The standard InChI is InChI=1S/C22H17FN2O5S/c1-29-21-17(23)3-2-4-20(21)31(27,28)16-7-5-14(6-8-16)12-25-22(26)18-11-15-9-10-24-13-19(15)30-18/h2-11,13H,12H2,1H3,(H,25,26). The number of nitrogens with one attached hydrogen (secondary N) is 1. The summed E-state index contributed by atoms with van der Waals surface area (Å²) in [6.45, 7) is 0.164. The van der Waals surface area contributed by atoms with Crippen LogP contribution in [0.5, 0.6) is 5.75 Å². The molecule has 2 heterocycles. The molecule has 1 amide bonds. The molecule has 4 rings (SSSR count). The zero-order chi connectivity index (χ0) is 22.0. The fourth-order valence-corrected chi connectivity index (χ4v) is 4.51. The number of benzene rings is 2. The first-order valence-corrected chi connectivity index (χ1v) is 10.7. The highest BCUT2D eigenvalue weighted by molar-refractivity contribution is 7.91. The minimum absolute atomic E-state index is 0.0174. The average Bonchev–Trinajstić information content (AvgIpc) is 3.22. The molecule has 0 saturated carbocycles. The van der Waals surface area contributed by atoms with Gasteiger partial charge in [0.2, 0.25) is 9.84 Å². The van der Waals surface area contributed by atoms with Crippen molar-refractivity contribution in [3.05, 3.63) is 84.1 Å². The van der Waals surface area contributed by atoms with E-state index < -0.39 is 21.6 Å². The Morgan fingerprint density at radius 3 is 2.65 bits per heavy atom. The maximum atomic E-state index is 13.9. The average molecular weight is 440 g/mol. The van der Waals surface area contributed by atoms with Crippen molar-refractivity contribution in [1.82, 2.24) is 10.3 Å². The predicted octanol–water partition coefficient (Wildman–Crippen LogP) is 3.74. The van der Waals surface area contributed by atoms with E-state index in [0.717, 1.165) is 11.5 Å². The van der Waals surface area contributed by atoms with Crippen molar-refractivity contribution >= 4 is 26.7 Å². The molecule has 31 heavy (non-hydrogen) atoms. The molecule has 158 valence electrons. The van der Waals surface area contributed by atoms with Gasteiger partial charge in [-0.2, -0.15) is 0 Å². The van der Waals surface area contributed by atoms with Crippen molar-refractivity contribution in [1.29, 1.82) is 0 Å². The Bertz CT molecular complexity index is 1330. The third-order valence-electron chi connectivity index (χ3n) is 4.66. The molecule has 0 aliphatic heterocycles. The molecule has 2 aromatic carbocycles. The molecule has 0 aliphatic carbocycles. The van der Waals surface area contributed by atoms with Crippen molar-refractivity contribution in [3.8, 4) is 5.75 Å². The number of carbonyl (C=O) groups excluding carboxylic acids is 1. The van der Waals surface area contributed by atoms with Gasteiger partial charge in [0.1, 0.15) is 4.90 Å². The Balaban J connectivity index is 1.49. The highest BCUT2D eigenvalue weighted by Gasteiger charge is 2.24. The van der Waals surface area contributed by atoms with E-state index in [2.05, 4.69) is 10.3 Å². The van der Waals surface area contributed by atoms with E-state index in [9.17, 15) is 17.6 Å². The third-order valence-corrected chi connectivity index (χ3v) is 6.45. The number of furan rings is 1. The number of amides is 1. The molecule has 0 fully saturated rings. The Morgan fingerprint density at radius 2 is 1.94 bits per heavy atom. The number of fused-ring (bicyclic) bond motifs is 1. The van der Waals surface area contributed by atoms with Crippen LogP contribution >= 0.6 is 0 Å². The quantitative estimate of drug-likeness (QED) is 0.491. The number of hydrogen-bond donors (Lipinski definition) is 1. The summed E-state index contributed by atoms with van der Waals surface area (Å²) in [6, 6.07) is 13.0. The summed E-state index contributed by atoms with van der Waals surface area (Å²) >= 11 is 0. The van der Waals surface area contributed by atoms with E-state index in [0.29, 0.717) is 11.1 Å². The van der Waals surface area contributed by atoms with Crippen LogP contribution in [-0.2, 0) is 16.4 Å². The topological polar surface area (TPSA) is 98.5 Å². The number of sulfone groups is 1. The van der Waals surface area contributed by atoms with Gasteiger partial charge in [-0.25, -0.2) is 12.8 Å². The molecule has 0 saturated heterocycles. The van der Waals surface area contributed by atoms with Crippen molar-refractivity contribution in [3.63, 3.8) is 0 Å². The van der Waals surface area contributed by atoms with Gasteiger partial charge in [-0.3, -0.25) is 9.78 Å². The SMILES string of the molecule is COc1c(F)cccc1S(=O)(=O)c1ccc(CNC(=O)c2cc3ccncc3o2)cc1. The zero-order valence-electron chi connectivity index (χ0n) is 16.3. The number of carbonyl (C=O) groups is 1. The second-order valence-electron chi connectivity index (χ2n) is 6.63. The van der Waals surface area contributed by atoms with Crippen LogP contribution < -0.4 is 10.1 Å². The fourth-order valence-electron chi connectivity index (χ4n) is 3.08. The first kappa shape index (κ1) is 20.5. The molecule has 7 nitrogen and oxygen atoms in total. The molecule has 0 aliphatic rings. The van der Waals surface area contributed by atoms with Gasteiger partial charge < -0.3 is 14.5 Å². The minimum atomic E-state index is -3.98. The van der Waals surface area contributed by atoms with Crippen LogP contribution in [0, 0.1) is 5.82 Å². The lowest BCUT2D eigenvalue weighted by Crippen LogP contribution is -2.22. The molecule has 2 aromatic heterocycles. The summed E-state index contributed by atoms with van der Waals surface area (Å²) in [4.78, 5) is 16.0. The number of methoxy groups -OCH3 is 1. The fraction of sp³-hybridized carbons (Fsp3) is 0.0909. The number of para-hydroxylation sites is 1. The Labute approximate surface area is 177 Å². The third kappa shape index (κ3) is 3.99. The lowest BCUT2D eigenvalue weighted by Gasteiger charge is -2.11. The van der Waals surface area contributed by atoms with Gasteiger partial charge in [0.05, 0.1) is 18.2 Å². The summed E-state index contributed by atoms with van der Waals surface area (Å²) in [6.07, 6.45) is 3.13. The Kier molecular flexibility index (Phi) is 5.43. The van der Waals surface area contributed by atoms with Gasteiger partial charge in [-0.1, -0.05) is 18.2 Å². The Morgan fingerprint density at radius 1 is 1.16 bits per heavy atom. The van der Waals surface area contributed by atoms with Gasteiger partial charge in [-0.05, 0) is 42.0 Å². The number of nitrogens with zero attached hydrogens (tertiary/aromatic N) is 1. The van der Waals surface area contributed by atoms with Gasteiger partial charge in [0.15, 0.2) is 22.9 Å². The lowest BCUT2D eigenvalue weighted by atomic mass is 10.2. The number of ether oxygens (including phenoxy) is 1. The Hall–Kier alpha value is -3.72. The molecular weight excluding hydrogens is 423 g/mol. The number of rotatable bonds is 6. The van der Waals surface area contributed by atoms with Crippen LogP contribution in [-0.4, -0.2) is 26.4 Å². The maximum absolute atomic E-state index is 13.9. The molecule has 0 bridgehead atoms. The van der Waals surface area contributed by atoms with Crippen molar-refractivity contribution < 1.29 is 26.8 Å². The number of pyridine rings is 1. The van der Waals surface area contributed by atoms with Crippen LogP contribution in [0.15, 0.2) is 81.2 Å². The smallest absolute Gasteiger partial charge is 0.287 e. The highest BCUT2D eigenvalue weighted by Crippen LogP contribution is 2.31. The first-order valence-electron chi connectivity index (χ1n) is 9.18. The van der Waals surface area contributed by atoms with Crippen molar-refractivity contribution in [2.75, 3.05) is 7.11 Å². The second-order valence-corrected chi connectivity index (χ2v) is 8.54. The van der Waals surface area contributed by atoms with E-state index >= 15 is 0 Å². The zero-order valence-corrected chi connectivity index (χ0v) is 17.1. The summed E-state index contributed by atoms with van der Waals surface area (Å²) in [5.41, 5.74) is 1.19. The van der Waals surface area contributed by atoms with E-state index in [4.69, 9.17) is 9.15 Å². The monoisotopic (exact) mass is 440 g/mol. The molecular formula is C22H17FN2O5S. The number of aromatic nitrogens is 1. The summed E-state index contributed by atoms with van der Waals surface area (Å²) in [5, 5.41) is 3.49. The normalized spacial score (nSPS) is 11.4. The molecule has 4 aromatic rings. The second kappa shape index (κ2) is 8.19. The van der Waals surface area contributed by atoms with Crippen LogP contribution in [0.2, 0.25) is 0 Å². The van der Waals surface area contributed by atoms with Crippen LogP contribution in [0.1, 0.15) is 16.1 Å². The minimum Gasteiger partial charge on any atom is -0.492 e. The summed E-state index contributed by atoms with van der Waals surface area (Å²) in [7, 11) is -2.77. The van der Waals surface area contributed by atoms with Gasteiger partial charge >= 0.3 is 0 Å². The van der Waals surface area contributed by atoms with Crippen LogP contribution in [0.3, 0.4) is 0 Å². The first-order chi connectivity index (χ1) is 14.9. The van der Waals surface area contributed by atoms with Crippen LogP contribution in [0.4, 0.5) is 4.39 Å². The van der Waals surface area contributed by atoms with E-state index in [1.165, 1.54) is 37.6 Å². The summed E-state index contributed by atoms with van der Waals surface area (Å²) in [5.74, 6) is -1.35. The maximum Gasteiger partial charge on any atom is 0.287 e. The number of halogens is 1. The van der Waals surface area contributed by atoms with Crippen molar-refractivity contribution in [2.45, 2.75) is 16.3 Å². The van der Waals surface area contributed by atoms with Gasteiger partial charge in [-0.15, -0.1) is 0 Å². The molecule has 0 atom stereocenters. The van der Waals surface area contributed by atoms with E-state index in [1.54, 1.807) is 30.5 Å². The molecule has 0 radical (unpaired) electrons. The van der Waals surface area contributed by atoms with E-state index in [-0.39, 0.29) is 27.8 Å². The molecule has 0 unspecified atom stereocenters. The predicted molar refractivity (Wildman–Crippen MR) is 110 cm³/mol. The van der Waals surface area contributed by atoms with Crippen molar-refractivity contribution in [2.24, 2.45) is 0 Å². The molecule has 1 N–H and O–H groups in total. The van der Waals surface area contributed by atoms with Gasteiger partial charge in [0, 0.05) is 18.1 Å². The molecule has 9 heteroatoms. The largest absolute Gasteiger partial charge is 0.492 e. The lowest BCUT2D eigenvalue weighted by molar-refractivity contribution is 0.0925. The highest BCUT2D eigenvalue weighted by atomic mass is 32.2. The van der Waals surface area contributed by atoms with Gasteiger partial charge in [0.25, 0.3) is 5.91 Å².